The van der Waals surface area contributed by atoms with Crippen LogP contribution in [0.15, 0.2) is 17.2 Å². The zero-order valence-corrected chi connectivity index (χ0v) is 13.4. The summed E-state index contributed by atoms with van der Waals surface area (Å²) in [5.41, 5.74) is 0.574. The van der Waals surface area contributed by atoms with Gasteiger partial charge in [-0.1, -0.05) is 0 Å². The van der Waals surface area contributed by atoms with E-state index in [-0.39, 0.29) is 11.5 Å². The minimum Gasteiger partial charge on any atom is -0.390 e. The molecule has 0 spiro atoms. The first-order chi connectivity index (χ1) is 9.27. The lowest BCUT2D eigenvalue weighted by Crippen LogP contribution is -2.31. The number of nitrogens with one attached hydrogen (secondary N) is 1. The van der Waals surface area contributed by atoms with E-state index in [1.54, 1.807) is 11.6 Å². The second-order valence-corrected chi connectivity index (χ2v) is 7.03. The molecule has 0 bridgehead atoms. The second-order valence-electron chi connectivity index (χ2n) is 5.26. The molecule has 1 heterocycles. The Morgan fingerprint density at radius 1 is 1.45 bits per heavy atom. The maximum Gasteiger partial charge on any atom is 0.242 e. The summed E-state index contributed by atoms with van der Waals surface area (Å²) in [6, 6.07) is 1.94. The number of hydrogen-bond donors (Lipinski definition) is 2. The molecule has 0 aliphatic rings. The van der Waals surface area contributed by atoms with Gasteiger partial charge < -0.3 is 14.6 Å². The van der Waals surface area contributed by atoms with Gasteiger partial charge in [0.05, 0.1) is 11.5 Å². The van der Waals surface area contributed by atoms with Gasteiger partial charge in [-0.2, -0.15) is 0 Å². The summed E-state index contributed by atoms with van der Waals surface area (Å²) in [6.45, 7) is 5.28. The fourth-order valence-corrected chi connectivity index (χ4v) is 2.93. The third-order valence-electron chi connectivity index (χ3n) is 3.42. The van der Waals surface area contributed by atoms with Crippen molar-refractivity contribution in [3.63, 3.8) is 0 Å². The van der Waals surface area contributed by atoms with Crippen LogP contribution in [0.5, 0.6) is 0 Å². The normalized spacial score (nSPS) is 12.6. The van der Waals surface area contributed by atoms with E-state index in [4.69, 9.17) is 5.11 Å². The number of sulfonamides is 1. The molecule has 0 aromatic carbocycles. The number of aromatic nitrogens is 1. The highest BCUT2D eigenvalue weighted by Crippen LogP contribution is 2.13. The van der Waals surface area contributed by atoms with Crippen LogP contribution >= 0.6 is 0 Å². The van der Waals surface area contributed by atoms with Crippen LogP contribution in [0.2, 0.25) is 0 Å². The highest BCUT2D eigenvalue weighted by Gasteiger charge is 2.16. The van der Waals surface area contributed by atoms with Crippen molar-refractivity contribution in [2.45, 2.75) is 37.8 Å². The summed E-state index contributed by atoms with van der Waals surface area (Å²) >= 11 is 0. The Kier molecular flexibility index (Phi) is 6.19. The van der Waals surface area contributed by atoms with Crippen molar-refractivity contribution < 1.29 is 13.5 Å². The Balaban J connectivity index is 2.53. The minimum absolute atomic E-state index is 0.175. The average molecular weight is 303 g/mol. The summed E-state index contributed by atoms with van der Waals surface area (Å²) in [6.07, 6.45) is 2.27. The van der Waals surface area contributed by atoms with Gasteiger partial charge in [0.15, 0.2) is 0 Å². The quantitative estimate of drug-likeness (QED) is 0.687. The number of aliphatic hydroxyl groups excluding tert-OH is 1. The molecule has 0 atom stereocenters. The number of aryl methyl sites for hydroxylation is 1. The van der Waals surface area contributed by atoms with Crippen LogP contribution in [0.3, 0.4) is 0 Å². The molecule has 6 nitrogen and oxygen atoms in total. The largest absolute Gasteiger partial charge is 0.390 e. The molecule has 0 amide bonds. The van der Waals surface area contributed by atoms with Crippen molar-refractivity contribution in [1.82, 2.24) is 14.2 Å². The predicted molar refractivity (Wildman–Crippen MR) is 78.9 cm³/mol. The van der Waals surface area contributed by atoms with Crippen molar-refractivity contribution in [3.8, 4) is 0 Å². The van der Waals surface area contributed by atoms with E-state index >= 15 is 0 Å². The average Bonchev–Trinajstić information content (AvgIpc) is 2.76. The molecule has 2 N–H and O–H groups in total. The van der Waals surface area contributed by atoms with Gasteiger partial charge in [-0.25, -0.2) is 13.1 Å². The smallest absolute Gasteiger partial charge is 0.242 e. The topological polar surface area (TPSA) is 74.6 Å². The first-order valence-electron chi connectivity index (χ1n) is 6.74. The minimum atomic E-state index is -3.49. The van der Waals surface area contributed by atoms with E-state index < -0.39 is 10.0 Å². The molecule has 0 saturated carbocycles. The lowest BCUT2D eigenvalue weighted by Gasteiger charge is -2.20. The first kappa shape index (κ1) is 17.2. The second kappa shape index (κ2) is 7.21. The van der Waals surface area contributed by atoms with Crippen LogP contribution in [-0.2, 0) is 23.7 Å². The molecular formula is C13H25N3O3S. The van der Waals surface area contributed by atoms with E-state index in [0.29, 0.717) is 18.3 Å². The number of hydrogen-bond acceptors (Lipinski definition) is 4. The Hall–Kier alpha value is -0.890. The summed E-state index contributed by atoms with van der Waals surface area (Å²) in [4.78, 5) is 2.36. The highest BCUT2D eigenvalue weighted by molar-refractivity contribution is 7.89. The number of aliphatic hydroxyl groups is 1. The van der Waals surface area contributed by atoms with Gasteiger partial charge in [-0.05, 0) is 39.9 Å². The standard InChI is InChI=1S/C13H25N3O3S/c1-11(2)15(3)7-5-6-14-20(18,19)13-8-12(10-17)16(4)9-13/h8-9,11,14,17H,5-7,10H2,1-4H3. The molecule has 1 rings (SSSR count). The molecule has 0 unspecified atom stereocenters. The van der Waals surface area contributed by atoms with Gasteiger partial charge in [-0.3, -0.25) is 0 Å². The van der Waals surface area contributed by atoms with E-state index in [1.807, 2.05) is 7.05 Å². The lowest BCUT2D eigenvalue weighted by atomic mass is 10.3. The first-order valence-corrected chi connectivity index (χ1v) is 8.22. The summed E-state index contributed by atoms with van der Waals surface area (Å²) in [5, 5.41) is 9.08. The van der Waals surface area contributed by atoms with E-state index in [1.165, 1.54) is 12.3 Å². The van der Waals surface area contributed by atoms with Crippen LogP contribution in [0, 0.1) is 0 Å². The van der Waals surface area contributed by atoms with Crippen LogP contribution in [0.25, 0.3) is 0 Å². The van der Waals surface area contributed by atoms with E-state index in [9.17, 15) is 8.42 Å². The van der Waals surface area contributed by atoms with Gasteiger partial charge in [0, 0.05) is 31.5 Å². The van der Waals surface area contributed by atoms with Gasteiger partial charge in [0.1, 0.15) is 0 Å². The van der Waals surface area contributed by atoms with Crippen LogP contribution in [-0.4, -0.2) is 49.2 Å². The lowest BCUT2D eigenvalue weighted by molar-refractivity contribution is 0.271. The van der Waals surface area contributed by atoms with Gasteiger partial charge in [0.25, 0.3) is 0 Å². The fourth-order valence-electron chi connectivity index (χ4n) is 1.76. The van der Waals surface area contributed by atoms with Crippen LogP contribution < -0.4 is 4.72 Å². The number of nitrogens with zero attached hydrogens (tertiary/aromatic N) is 2. The third-order valence-corrected chi connectivity index (χ3v) is 4.84. The molecule has 0 aliphatic heterocycles. The molecular weight excluding hydrogens is 278 g/mol. The zero-order valence-electron chi connectivity index (χ0n) is 12.6. The van der Waals surface area contributed by atoms with Gasteiger partial charge >= 0.3 is 0 Å². The van der Waals surface area contributed by atoms with Crippen LogP contribution in [0.4, 0.5) is 0 Å². The molecule has 0 aliphatic carbocycles. The monoisotopic (exact) mass is 303 g/mol. The third kappa shape index (κ3) is 4.59. The molecule has 20 heavy (non-hydrogen) atoms. The predicted octanol–water partition coefficient (Wildman–Crippen LogP) is 0.526. The van der Waals surface area contributed by atoms with E-state index in [0.717, 1.165) is 13.0 Å². The summed E-state index contributed by atoms with van der Waals surface area (Å²) in [5.74, 6) is 0. The maximum atomic E-state index is 12.1. The Morgan fingerprint density at radius 2 is 2.10 bits per heavy atom. The summed E-state index contributed by atoms with van der Waals surface area (Å²) < 4.78 is 28.3. The van der Waals surface area contributed by atoms with Crippen molar-refractivity contribution in [2.24, 2.45) is 7.05 Å². The van der Waals surface area contributed by atoms with Crippen molar-refractivity contribution >= 4 is 10.0 Å². The fraction of sp³-hybridized carbons (Fsp3) is 0.692. The number of rotatable bonds is 8. The molecule has 0 fully saturated rings. The maximum absolute atomic E-state index is 12.1. The molecule has 1 aromatic heterocycles. The zero-order chi connectivity index (χ0) is 15.3. The molecule has 0 radical (unpaired) electrons. The molecule has 116 valence electrons. The SMILES string of the molecule is CC(C)N(C)CCCNS(=O)(=O)c1cc(CO)n(C)c1. The summed E-state index contributed by atoms with van der Waals surface area (Å²) in [7, 11) is 0.238. The van der Waals surface area contributed by atoms with Gasteiger partial charge in [-0.15, -0.1) is 0 Å². The molecule has 1 aromatic rings. The van der Waals surface area contributed by atoms with Crippen molar-refractivity contribution in [3.05, 3.63) is 18.0 Å². The molecule has 7 heteroatoms. The van der Waals surface area contributed by atoms with Crippen molar-refractivity contribution in [1.29, 1.82) is 0 Å². The van der Waals surface area contributed by atoms with Gasteiger partial charge in [0.2, 0.25) is 10.0 Å². The molecule has 0 saturated heterocycles. The van der Waals surface area contributed by atoms with Crippen LogP contribution in [0.1, 0.15) is 26.0 Å². The Morgan fingerprint density at radius 3 is 2.60 bits per heavy atom. The van der Waals surface area contributed by atoms with Crippen molar-refractivity contribution in [2.75, 3.05) is 20.1 Å². The highest BCUT2D eigenvalue weighted by atomic mass is 32.2. The van der Waals surface area contributed by atoms with E-state index in [2.05, 4.69) is 23.5 Å². The Bertz CT molecular complexity index is 523. The Labute approximate surface area is 121 Å².